The summed E-state index contributed by atoms with van der Waals surface area (Å²) in [6, 6.07) is 5.79. The first kappa shape index (κ1) is 62.1. The average molecular weight is 1130 g/mol. The van der Waals surface area contributed by atoms with Crippen molar-refractivity contribution in [3.05, 3.63) is 62.4 Å². The van der Waals surface area contributed by atoms with Crippen molar-refractivity contribution in [2.24, 2.45) is 5.92 Å². The standard InChI is InChI=1S/C49H57F21N2O2Si/c1-8-9-11-16-31-33-23-28(6)17-19-35(33)71-38-34(31)25-72-36(38)24-32(29(7)39(72)73)37(20-18-30-14-12-10-13-15-30)74-75(26(2)3,27(4)5)22-21-40(50,51)41(52,53)42(54,55)43(56,57)44(58,59)45(60,61)46(62,63)47(64,65)48(66,67)49(68,69)70/h17,19,23-24,26-27,30,37H,8-16,18,20-22,25H2,1-7H3. The van der Waals surface area contributed by atoms with Crippen LogP contribution in [0.4, 0.5) is 92.2 Å². The summed E-state index contributed by atoms with van der Waals surface area (Å²) in [6.45, 7) is 10.8. The lowest BCUT2D eigenvalue weighted by Crippen LogP contribution is -2.76. The SMILES string of the molecule is CCCCCc1c2c(nc3ccc(C)cc13)-c1cc(C(CCC3CCCCC3)O[Si](CCC(F)(F)C(F)(F)C(F)(F)C(F)(F)C(F)(F)C(F)(F)C(F)(F)C(F)(F)C(F)(F)C(F)(F)F)(C(C)C)C(C)C)c(C)c(=O)n1C2. The van der Waals surface area contributed by atoms with Crippen LogP contribution in [0, 0.1) is 19.8 Å². The number of unbranched alkanes of at least 4 members (excludes halogenated alkanes) is 2. The molecular weight excluding hydrogens is 1080 g/mol. The zero-order valence-corrected chi connectivity index (χ0v) is 42.7. The Labute approximate surface area is 419 Å². The summed E-state index contributed by atoms with van der Waals surface area (Å²) in [4.78, 5) is 19.4. The quantitative estimate of drug-likeness (QED) is 0.0422. The highest BCUT2D eigenvalue weighted by molar-refractivity contribution is 6.76. The fraction of sp³-hybridized carbons (Fsp3) is 0.714. The molecule has 426 valence electrons. The molecule has 0 bridgehead atoms. The van der Waals surface area contributed by atoms with Crippen molar-refractivity contribution in [3.63, 3.8) is 0 Å². The van der Waals surface area contributed by atoms with Crippen LogP contribution in [-0.4, -0.2) is 77.3 Å². The van der Waals surface area contributed by atoms with E-state index in [2.05, 4.69) is 0 Å². The number of nitrogens with zero attached hydrogens (tertiary/aromatic N) is 2. The minimum atomic E-state index is -9.24. The molecule has 1 unspecified atom stereocenters. The first-order valence-corrected chi connectivity index (χ1v) is 26.6. The van der Waals surface area contributed by atoms with E-state index in [0.29, 0.717) is 29.7 Å². The molecule has 0 saturated heterocycles. The number of alkyl halides is 21. The lowest BCUT2D eigenvalue weighted by atomic mass is 9.84. The Morgan fingerprint density at radius 3 is 1.68 bits per heavy atom. The molecule has 1 saturated carbocycles. The van der Waals surface area contributed by atoms with Crippen molar-refractivity contribution in [2.45, 2.75) is 215 Å². The molecule has 0 radical (unpaired) electrons. The number of aryl methyl sites for hydroxylation is 2. The number of halogens is 21. The largest absolute Gasteiger partial charge is 0.460 e. The molecule has 2 aromatic heterocycles. The Kier molecular flexibility index (Phi) is 17.3. The highest BCUT2D eigenvalue weighted by atomic mass is 28.4. The van der Waals surface area contributed by atoms with Gasteiger partial charge in [-0.15, -0.1) is 0 Å². The van der Waals surface area contributed by atoms with Crippen molar-refractivity contribution >= 4 is 19.2 Å². The lowest BCUT2D eigenvalue weighted by Gasteiger charge is -2.45. The molecule has 1 fully saturated rings. The van der Waals surface area contributed by atoms with Gasteiger partial charge in [0.25, 0.3) is 5.56 Å². The van der Waals surface area contributed by atoms with E-state index in [-0.39, 0.29) is 30.0 Å². The molecule has 75 heavy (non-hydrogen) atoms. The zero-order chi connectivity index (χ0) is 57.3. The van der Waals surface area contributed by atoms with E-state index < -0.39 is 103 Å². The fourth-order valence-electron chi connectivity index (χ4n) is 10.4. The molecule has 2 aliphatic rings. The second kappa shape index (κ2) is 20.8. The van der Waals surface area contributed by atoms with E-state index in [1.54, 1.807) is 6.07 Å². The Morgan fingerprint density at radius 2 is 1.19 bits per heavy atom. The van der Waals surface area contributed by atoms with Crippen molar-refractivity contribution in [1.82, 2.24) is 9.55 Å². The van der Waals surface area contributed by atoms with Crippen LogP contribution in [0.5, 0.6) is 0 Å². The van der Waals surface area contributed by atoms with Crippen LogP contribution in [0.2, 0.25) is 17.1 Å². The van der Waals surface area contributed by atoms with Gasteiger partial charge in [0.2, 0.25) is 0 Å². The van der Waals surface area contributed by atoms with Gasteiger partial charge in [-0.3, -0.25) is 4.79 Å². The molecule has 3 heterocycles. The van der Waals surface area contributed by atoms with Crippen molar-refractivity contribution in [3.8, 4) is 11.4 Å². The van der Waals surface area contributed by atoms with Crippen LogP contribution >= 0.6 is 0 Å². The van der Waals surface area contributed by atoms with Crippen molar-refractivity contribution in [2.75, 3.05) is 0 Å². The van der Waals surface area contributed by atoms with E-state index in [1.165, 1.54) is 39.2 Å². The molecule has 1 aromatic carbocycles. The Balaban J connectivity index is 1.59. The van der Waals surface area contributed by atoms with Gasteiger partial charge in [0.05, 0.1) is 29.6 Å². The Bertz CT molecular complexity index is 2580. The maximum absolute atomic E-state index is 15.8. The molecule has 0 N–H and O–H groups in total. The summed E-state index contributed by atoms with van der Waals surface area (Å²) in [5, 5.41) is 0.870. The number of benzene rings is 1. The molecule has 26 heteroatoms. The number of fused-ring (bicyclic) bond motifs is 4. The van der Waals surface area contributed by atoms with E-state index in [1.807, 2.05) is 32.0 Å². The van der Waals surface area contributed by atoms with Gasteiger partial charge in [0, 0.05) is 22.9 Å². The third-order valence-corrected chi connectivity index (χ3v) is 20.8. The minimum Gasteiger partial charge on any atom is -0.409 e. The van der Waals surface area contributed by atoms with Crippen molar-refractivity contribution < 1.29 is 96.6 Å². The van der Waals surface area contributed by atoms with Gasteiger partial charge in [-0.1, -0.05) is 91.2 Å². The first-order valence-electron chi connectivity index (χ1n) is 24.3. The number of rotatable bonds is 23. The Hall–Kier alpha value is -3.71. The molecular formula is C49H57F21N2O2Si. The lowest BCUT2D eigenvalue weighted by molar-refractivity contribution is -0.474. The van der Waals surface area contributed by atoms with E-state index in [4.69, 9.17) is 9.41 Å². The summed E-state index contributed by atoms with van der Waals surface area (Å²) in [5.74, 6) is -77.5. The number of aromatic nitrogens is 2. The maximum atomic E-state index is 15.8. The van der Waals surface area contributed by atoms with Crippen LogP contribution in [0.1, 0.15) is 139 Å². The summed E-state index contributed by atoms with van der Waals surface area (Å²) in [6.07, 6.45) is -4.37. The Morgan fingerprint density at radius 1 is 0.680 bits per heavy atom. The van der Waals surface area contributed by atoms with Gasteiger partial charge in [-0.2, -0.15) is 92.2 Å². The van der Waals surface area contributed by atoms with Crippen LogP contribution in [-0.2, 0) is 17.4 Å². The predicted octanol–water partition coefficient (Wildman–Crippen LogP) is 17.6. The monoisotopic (exact) mass is 1130 g/mol. The second-order valence-corrected chi connectivity index (χ2v) is 25.6. The average Bonchev–Trinajstić information content (AvgIpc) is 3.67. The summed E-state index contributed by atoms with van der Waals surface area (Å²) < 4.78 is 309. The molecule has 0 spiro atoms. The van der Waals surface area contributed by atoms with Crippen LogP contribution in [0.3, 0.4) is 0 Å². The normalized spacial score (nSPS) is 16.9. The zero-order valence-electron chi connectivity index (χ0n) is 41.7. The fourth-order valence-corrected chi connectivity index (χ4v) is 15.0. The topological polar surface area (TPSA) is 44.1 Å². The molecule has 5 rings (SSSR count). The molecule has 1 aliphatic carbocycles. The van der Waals surface area contributed by atoms with Gasteiger partial charge in [0.1, 0.15) is 0 Å². The van der Waals surface area contributed by atoms with Crippen LogP contribution in [0.25, 0.3) is 22.3 Å². The smallest absolute Gasteiger partial charge is 0.409 e. The molecule has 1 atom stereocenters. The number of pyridine rings is 2. The van der Waals surface area contributed by atoms with Gasteiger partial charge in [-0.25, -0.2) is 4.98 Å². The molecule has 4 nitrogen and oxygen atoms in total. The maximum Gasteiger partial charge on any atom is 0.460 e. The predicted molar refractivity (Wildman–Crippen MR) is 239 cm³/mol. The van der Waals surface area contributed by atoms with Gasteiger partial charge in [-0.05, 0) is 91.9 Å². The third kappa shape index (κ3) is 10.1. The van der Waals surface area contributed by atoms with Crippen LogP contribution < -0.4 is 5.56 Å². The number of hydrogen-bond donors (Lipinski definition) is 0. The van der Waals surface area contributed by atoms with E-state index >= 15 is 26.3 Å². The second-order valence-electron chi connectivity index (χ2n) is 20.6. The van der Waals surface area contributed by atoms with Crippen molar-refractivity contribution in [1.29, 1.82) is 0 Å². The third-order valence-electron chi connectivity index (χ3n) is 15.2. The van der Waals surface area contributed by atoms with Gasteiger partial charge < -0.3 is 8.99 Å². The molecule has 1 aliphatic heterocycles. The highest BCUT2D eigenvalue weighted by Gasteiger charge is 2.97. The summed E-state index contributed by atoms with van der Waals surface area (Å²) in [7, 11) is -4.41. The molecule has 0 amide bonds. The highest BCUT2D eigenvalue weighted by Crippen LogP contribution is 2.67. The minimum absolute atomic E-state index is 0.0286. The first-order chi connectivity index (χ1) is 34.0. The number of hydrogen-bond acceptors (Lipinski definition) is 3. The molecule has 3 aromatic rings. The van der Waals surface area contributed by atoms with E-state index in [9.17, 15) is 70.7 Å². The summed E-state index contributed by atoms with van der Waals surface area (Å²) in [5.41, 5.74) is 1.73. The van der Waals surface area contributed by atoms with Gasteiger partial charge >= 0.3 is 59.5 Å². The van der Waals surface area contributed by atoms with Crippen LogP contribution in [0.15, 0.2) is 29.1 Å². The summed E-state index contributed by atoms with van der Waals surface area (Å²) >= 11 is 0. The van der Waals surface area contributed by atoms with Gasteiger partial charge in [0.15, 0.2) is 8.32 Å². The van der Waals surface area contributed by atoms with E-state index in [0.717, 1.165) is 73.4 Å².